The van der Waals surface area contributed by atoms with E-state index >= 15 is 0 Å². The predicted molar refractivity (Wildman–Crippen MR) is 160 cm³/mol. The highest BCUT2D eigenvalue weighted by Gasteiger charge is 2.30. The molecule has 2 atom stereocenters. The van der Waals surface area contributed by atoms with Crippen molar-refractivity contribution in [3.63, 3.8) is 0 Å². The van der Waals surface area contributed by atoms with Crippen LogP contribution in [-0.2, 0) is 22.4 Å². The number of aromatic nitrogens is 2. The van der Waals surface area contributed by atoms with Crippen LogP contribution in [0.25, 0.3) is 22.4 Å². The summed E-state index contributed by atoms with van der Waals surface area (Å²) in [7, 11) is 0. The topological polar surface area (TPSA) is 108 Å². The van der Waals surface area contributed by atoms with Gasteiger partial charge >= 0.3 is 5.97 Å². The molecule has 1 aliphatic rings. The zero-order valence-corrected chi connectivity index (χ0v) is 23.3. The number of fused-ring (bicyclic) bond motifs is 2. The fourth-order valence-corrected chi connectivity index (χ4v) is 6.74. The molecule has 6 rings (SSSR count). The lowest BCUT2D eigenvalue weighted by molar-refractivity contribution is -0.124. The molecule has 8 heteroatoms. The van der Waals surface area contributed by atoms with Gasteiger partial charge in [-0.25, -0.2) is 9.78 Å². The fraction of sp³-hybridized carbons (Fsp3) is 0.212. The summed E-state index contributed by atoms with van der Waals surface area (Å²) in [6, 6.07) is 27.4. The molecule has 204 valence electrons. The molecular weight excluding hydrogens is 532 g/mol. The first kappa shape index (κ1) is 26.5. The van der Waals surface area contributed by atoms with Gasteiger partial charge in [-0.05, 0) is 60.9 Å². The van der Waals surface area contributed by atoms with Gasteiger partial charge < -0.3 is 15.0 Å². The summed E-state index contributed by atoms with van der Waals surface area (Å²) in [5, 5.41) is 13.4. The number of carbonyl (C=O) groups is 2. The number of nitrogens with zero attached hydrogens (tertiary/aromatic N) is 2. The number of imidazole rings is 1. The van der Waals surface area contributed by atoms with Crippen molar-refractivity contribution in [2.75, 3.05) is 5.32 Å². The van der Waals surface area contributed by atoms with E-state index in [-0.39, 0.29) is 6.42 Å². The van der Waals surface area contributed by atoms with Crippen LogP contribution in [0.15, 0.2) is 78.9 Å². The number of ether oxygens (including phenoxy) is 1. The average Bonchev–Trinajstić information content (AvgIpc) is 3.60. The second kappa shape index (κ2) is 11.4. The Morgan fingerprint density at radius 3 is 2.63 bits per heavy atom. The molecule has 0 radical (unpaired) electrons. The van der Waals surface area contributed by atoms with Crippen molar-refractivity contribution in [2.24, 2.45) is 0 Å². The lowest BCUT2D eigenvalue weighted by Gasteiger charge is -2.22. The summed E-state index contributed by atoms with van der Waals surface area (Å²) in [6.45, 7) is 1.79. The summed E-state index contributed by atoms with van der Waals surface area (Å²) in [4.78, 5) is 35.7. The predicted octanol–water partition coefficient (Wildman–Crippen LogP) is 7.01. The number of hydrogen-bond donors (Lipinski definition) is 2. The summed E-state index contributed by atoms with van der Waals surface area (Å²) in [5.41, 5.74) is 5.38. The minimum Gasteiger partial charge on any atom is -0.449 e. The van der Waals surface area contributed by atoms with Crippen LogP contribution in [0.4, 0.5) is 5.00 Å². The van der Waals surface area contributed by atoms with Crippen molar-refractivity contribution in [3.05, 3.63) is 106 Å². The number of para-hydroxylation sites is 2. The third kappa shape index (κ3) is 5.24. The average molecular weight is 561 g/mol. The lowest BCUT2D eigenvalue weighted by Crippen LogP contribution is -2.32. The standard InChI is InChI=1S/C33H28N4O3S/c1-2-28(40-33(39)24-13-7-6-12-23(24)30-35-26-14-8-9-15-27(26)36-30)31(38)37-32-25(19-34)22-17-16-21(18-29(22)41-32)20-10-4-3-5-11-20/h3-15,21,28H,2,16-18H2,1H3,(H,35,36)(H,37,38). The molecule has 1 aliphatic carbocycles. The third-order valence-electron chi connectivity index (χ3n) is 7.59. The summed E-state index contributed by atoms with van der Waals surface area (Å²) in [5.74, 6) is -0.127. The van der Waals surface area contributed by atoms with Crippen molar-refractivity contribution >= 4 is 39.2 Å². The molecule has 1 amide bonds. The van der Waals surface area contributed by atoms with Crippen molar-refractivity contribution in [1.29, 1.82) is 5.26 Å². The number of nitrogens with one attached hydrogen (secondary N) is 2. The van der Waals surface area contributed by atoms with Crippen LogP contribution in [0.3, 0.4) is 0 Å². The zero-order chi connectivity index (χ0) is 28.3. The molecule has 7 nitrogen and oxygen atoms in total. The summed E-state index contributed by atoms with van der Waals surface area (Å²) < 4.78 is 5.74. The first-order valence-electron chi connectivity index (χ1n) is 13.7. The van der Waals surface area contributed by atoms with Crippen LogP contribution in [0.5, 0.6) is 0 Å². The molecule has 2 unspecified atom stereocenters. The van der Waals surface area contributed by atoms with Crippen LogP contribution in [0, 0.1) is 11.3 Å². The van der Waals surface area contributed by atoms with E-state index in [1.165, 1.54) is 16.9 Å². The second-order valence-electron chi connectivity index (χ2n) is 10.1. The maximum Gasteiger partial charge on any atom is 0.339 e. The second-order valence-corrected chi connectivity index (χ2v) is 11.2. The number of rotatable bonds is 7. The number of thiophene rings is 1. The molecule has 2 heterocycles. The third-order valence-corrected chi connectivity index (χ3v) is 8.76. The number of amides is 1. The number of carbonyl (C=O) groups excluding carboxylic acids is 2. The lowest BCUT2D eigenvalue weighted by atomic mass is 9.83. The first-order valence-corrected chi connectivity index (χ1v) is 14.5. The highest BCUT2D eigenvalue weighted by Crippen LogP contribution is 2.42. The number of aromatic amines is 1. The molecule has 0 fully saturated rings. The van der Waals surface area contributed by atoms with Gasteiger partial charge in [0.1, 0.15) is 16.9 Å². The number of benzene rings is 3. The van der Waals surface area contributed by atoms with Crippen molar-refractivity contribution < 1.29 is 14.3 Å². The van der Waals surface area contributed by atoms with Gasteiger partial charge in [0.25, 0.3) is 5.91 Å². The van der Waals surface area contributed by atoms with Gasteiger partial charge in [0.05, 0.1) is 22.2 Å². The van der Waals surface area contributed by atoms with E-state index in [1.807, 2.05) is 48.5 Å². The van der Waals surface area contributed by atoms with Crippen molar-refractivity contribution in [1.82, 2.24) is 9.97 Å². The molecule has 2 aromatic heterocycles. The Kier molecular flexibility index (Phi) is 7.36. The quantitative estimate of drug-likeness (QED) is 0.208. The normalized spacial score (nSPS) is 15.1. The molecule has 3 aromatic carbocycles. The monoisotopic (exact) mass is 560 g/mol. The Hall–Kier alpha value is -4.74. The molecule has 0 spiro atoms. The maximum atomic E-state index is 13.3. The van der Waals surface area contributed by atoms with Crippen LogP contribution >= 0.6 is 11.3 Å². The van der Waals surface area contributed by atoms with Gasteiger partial charge in [-0.1, -0.05) is 67.6 Å². The Bertz CT molecular complexity index is 1750. The molecule has 0 bridgehead atoms. The molecular formula is C33H28N4O3S. The molecule has 41 heavy (non-hydrogen) atoms. The number of nitriles is 1. The minimum atomic E-state index is -1.02. The van der Waals surface area contributed by atoms with Gasteiger partial charge in [-0.3, -0.25) is 4.79 Å². The van der Waals surface area contributed by atoms with E-state index in [1.54, 1.807) is 25.1 Å². The Balaban J connectivity index is 1.20. The highest BCUT2D eigenvalue weighted by atomic mass is 32.1. The van der Waals surface area contributed by atoms with Crippen LogP contribution < -0.4 is 5.32 Å². The largest absolute Gasteiger partial charge is 0.449 e. The van der Waals surface area contributed by atoms with Gasteiger partial charge in [0.2, 0.25) is 0 Å². The smallest absolute Gasteiger partial charge is 0.339 e. The van der Waals surface area contributed by atoms with E-state index < -0.39 is 18.0 Å². The molecule has 5 aromatic rings. The minimum absolute atomic E-state index is 0.285. The highest BCUT2D eigenvalue weighted by molar-refractivity contribution is 7.16. The Morgan fingerprint density at radius 1 is 1.10 bits per heavy atom. The number of hydrogen-bond acceptors (Lipinski definition) is 6. The first-order chi connectivity index (χ1) is 20.1. The summed E-state index contributed by atoms with van der Waals surface area (Å²) in [6.07, 6.45) is 1.84. The SMILES string of the molecule is CCC(OC(=O)c1ccccc1-c1nc2ccccc2[nH]1)C(=O)Nc1sc2c(c1C#N)CCC(c1ccccc1)C2. The zero-order valence-electron chi connectivity index (χ0n) is 22.5. The number of H-pyrrole nitrogens is 1. The van der Waals surface area contributed by atoms with Gasteiger partial charge in [0, 0.05) is 10.4 Å². The number of esters is 1. The van der Waals surface area contributed by atoms with E-state index in [2.05, 4.69) is 33.5 Å². The van der Waals surface area contributed by atoms with Crippen LogP contribution in [-0.4, -0.2) is 27.9 Å². The molecule has 0 aliphatic heterocycles. The van der Waals surface area contributed by atoms with E-state index in [0.717, 1.165) is 40.7 Å². The van der Waals surface area contributed by atoms with E-state index in [9.17, 15) is 14.9 Å². The molecule has 2 N–H and O–H groups in total. The Labute approximate surface area is 241 Å². The van der Waals surface area contributed by atoms with E-state index in [4.69, 9.17) is 4.74 Å². The van der Waals surface area contributed by atoms with E-state index in [0.29, 0.717) is 33.4 Å². The fourth-order valence-electron chi connectivity index (χ4n) is 5.46. The van der Waals surface area contributed by atoms with Gasteiger partial charge in [-0.2, -0.15) is 5.26 Å². The van der Waals surface area contributed by atoms with Crippen LogP contribution in [0.2, 0.25) is 0 Å². The number of anilines is 1. The van der Waals surface area contributed by atoms with Gasteiger partial charge in [0.15, 0.2) is 6.10 Å². The maximum absolute atomic E-state index is 13.3. The molecule has 0 saturated heterocycles. The van der Waals surface area contributed by atoms with Crippen molar-refractivity contribution in [3.8, 4) is 17.5 Å². The Morgan fingerprint density at radius 2 is 1.85 bits per heavy atom. The summed E-state index contributed by atoms with van der Waals surface area (Å²) >= 11 is 1.45. The van der Waals surface area contributed by atoms with Crippen molar-refractivity contribution in [2.45, 2.75) is 44.6 Å². The van der Waals surface area contributed by atoms with Crippen LogP contribution in [0.1, 0.15) is 57.6 Å². The van der Waals surface area contributed by atoms with Gasteiger partial charge in [-0.15, -0.1) is 11.3 Å². The molecule has 0 saturated carbocycles.